The van der Waals surface area contributed by atoms with E-state index >= 15 is 0 Å². The summed E-state index contributed by atoms with van der Waals surface area (Å²) in [6, 6.07) is 1.35. The quantitative estimate of drug-likeness (QED) is 0.840. The van der Waals surface area contributed by atoms with Gasteiger partial charge in [0.05, 0.1) is 17.1 Å². The van der Waals surface area contributed by atoms with Crippen LogP contribution in [0.2, 0.25) is 0 Å². The van der Waals surface area contributed by atoms with E-state index in [0.29, 0.717) is 28.8 Å². The van der Waals surface area contributed by atoms with E-state index in [1.165, 1.54) is 0 Å². The van der Waals surface area contributed by atoms with Crippen LogP contribution in [0.3, 0.4) is 0 Å². The lowest BCUT2D eigenvalue weighted by Gasteiger charge is -2.13. The number of rotatable bonds is 4. The Bertz CT molecular complexity index is 618. The zero-order valence-electron chi connectivity index (χ0n) is 11.0. The predicted octanol–water partition coefficient (Wildman–Crippen LogP) is 1.19. The molecule has 20 heavy (non-hydrogen) atoms. The minimum Gasteiger partial charge on any atom is -0.370 e. The number of amides is 1. The third-order valence-electron chi connectivity index (χ3n) is 3.01. The van der Waals surface area contributed by atoms with Crippen LogP contribution in [0.15, 0.2) is 16.7 Å². The highest BCUT2D eigenvalue weighted by Gasteiger charge is 2.29. The van der Waals surface area contributed by atoms with Crippen molar-refractivity contribution >= 4 is 37.5 Å². The molecule has 1 aromatic rings. The van der Waals surface area contributed by atoms with Gasteiger partial charge in [-0.05, 0) is 35.3 Å². The van der Waals surface area contributed by atoms with Gasteiger partial charge in [0.1, 0.15) is 5.82 Å². The van der Waals surface area contributed by atoms with Crippen molar-refractivity contribution in [1.29, 1.82) is 0 Å². The number of nitrogens with one attached hydrogen (secondary N) is 2. The minimum absolute atomic E-state index is 0.0106. The molecule has 1 atom stereocenters. The lowest BCUT2D eigenvalue weighted by molar-refractivity contribution is 0.0941. The predicted molar refractivity (Wildman–Crippen MR) is 80.6 cm³/mol. The summed E-state index contributed by atoms with van der Waals surface area (Å²) in [7, 11) is -3.01. The molecule has 0 aromatic carbocycles. The standard InChI is InChI=1S/C12H16BrN3O3S/c1-2-14-11-10(5-8(13)6-15-11)12(17)16-9-3-4-20(18,19)7-9/h5-6,9H,2-4,7H2,1H3,(H,14,15)(H,16,17). The van der Waals surface area contributed by atoms with Gasteiger partial charge >= 0.3 is 0 Å². The van der Waals surface area contributed by atoms with E-state index in [1.807, 2.05) is 6.92 Å². The number of hydrogen-bond donors (Lipinski definition) is 2. The molecule has 0 aliphatic carbocycles. The van der Waals surface area contributed by atoms with Gasteiger partial charge in [-0.2, -0.15) is 0 Å². The van der Waals surface area contributed by atoms with Crippen LogP contribution < -0.4 is 10.6 Å². The Morgan fingerprint density at radius 3 is 2.90 bits per heavy atom. The smallest absolute Gasteiger partial charge is 0.255 e. The molecule has 1 fully saturated rings. The van der Waals surface area contributed by atoms with Crippen LogP contribution in [0.25, 0.3) is 0 Å². The summed E-state index contributed by atoms with van der Waals surface area (Å²) in [6.07, 6.45) is 2.07. The molecule has 2 N–H and O–H groups in total. The number of halogens is 1. The van der Waals surface area contributed by atoms with Gasteiger partial charge in [-0.1, -0.05) is 0 Å². The second-order valence-electron chi connectivity index (χ2n) is 4.65. The van der Waals surface area contributed by atoms with Crippen LogP contribution in [0, 0.1) is 0 Å². The van der Waals surface area contributed by atoms with Gasteiger partial charge in [0, 0.05) is 23.3 Å². The largest absolute Gasteiger partial charge is 0.370 e. The third kappa shape index (κ3) is 3.69. The van der Waals surface area contributed by atoms with E-state index in [4.69, 9.17) is 0 Å². The lowest BCUT2D eigenvalue weighted by Crippen LogP contribution is -2.36. The molecule has 110 valence electrons. The van der Waals surface area contributed by atoms with Gasteiger partial charge in [-0.15, -0.1) is 0 Å². The Morgan fingerprint density at radius 2 is 2.30 bits per heavy atom. The highest BCUT2D eigenvalue weighted by Crippen LogP contribution is 2.19. The maximum absolute atomic E-state index is 12.3. The maximum Gasteiger partial charge on any atom is 0.255 e. The van der Waals surface area contributed by atoms with Crippen molar-refractivity contribution in [3.05, 3.63) is 22.3 Å². The molecule has 1 unspecified atom stereocenters. The number of hydrogen-bond acceptors (Lipinski definition) is 5. The molecular weight excluding hydrogens is 346 g/mol. The van der Waals surface area contributed by atoms with E-state index in [0.717, 1.165) is 0 Å². The Kier molecular flexibility index (Phi) is 4.64. The van der Waals surface area contributed by atoms with Crippen molar-refractivity contribution in [2.75, 3.05) is 23.4 Å². The molecule has 2 rings (SSSR count). The zero-order valence-corrected chi connectivity index (χ0v) is 13.4. The second-order valence-corrected chi connectivity index (χ2v) is 7.80. The summed E-state index contributed by atoms with van der Waals surface area (Å²) >= 11 is 3.28. The number of sulfone groups is 1. The summed E-state index contributed by atoms with van der Waals surface area (Å²) in [6.45, 7) is 2.56. The summed E-state index contributed by atoms with van der Waals surface area (Å²) in [5.74, 6) is 0.330. The minimum atomic E-state index is -3.01. The molecule has 1 aliphatic rings. The van der Waals surface area contributed by atoms with Crippen LogP contribution in [-0.4, -0.2) is 43.4 Å². The Balaban J connectivity index is 2.14. The highest BCUT2D eigenvalue weighted by atomic mass is 79.9. The van der Waals surface area contributed by atoms with Crippen molar-refractivity contribution in [3.8, 4) is 0 Å². The van der Waals surface area contributed by atoms with Gasteiger partial charge in [0.25, 0.3) is 5.91 Å². The van der Waals surface area contributed by atoms with Gasteiger partial charge in [0.15, 0.2) is 9.84 Å². The van der Waals surface area contributed by atoms with E-state index in [9.17, 15) is 13.2 Å². The molecule has 1 aromatic heterocycles. The summed E-state index contributed by atoms with van der Waals surface area (Å²) < 4.78 is 23.5. The highest BCUT2D eigenvalue weighted by molar-refractivity contribution is 9.10. The lowest BCUT2D eigenvalue weighted by atomic mass is 10.2. The van der Waals surface area contributed by atoms with Crippen LogP contribution >= 0.6 is 15.9 Å². The maximum atomic E-state index is 12.3. The summed E-state index contributed by atoms with van der Waals surface area (Å²) in [5.41, 5.74) is 0.408. The average Bonchev–Trinajstić information content (AvgIpc) is 2.71. The monoisotopic (exact) mass is 361 g/mol. The summed E-state index contributed by atoms with van der Waals surface area (Å²) in [4.78, 5) is 16.4. The SMILES string of the molecule is CCNc1ncc(Br)cc1C(=O)NC1CCS(=O)(=O)C1. The zero-order chi connectivity index (χ0) is 14.8. The van der Waals surface area contributed by atoms with Crippen LogP contribution in [0.4, 0.5) is 5.82 Å². The first-order valence-electron chi connectivity index (χ1n) is 6.32. The van der Waals surface area contributed by atoms with Crippen LogP contribution in [-0.2, 0) is 9.84 Å². The number of aromatic nitrogens is 1. The van der Waals surface area contributed by atoms with Gasteiger partial charge in [-0.25, -0.2) is 13.4 Å². The first kappa shape index (κ1) is 15.2. The van der Waals surface area contributed by atoms with Crippen molar-refractivity contribution in [1.82, 2.24) is 10.3 Å². The van der Waals surface area contributed by atoms with Gasteiger partial charge in [0.2, 0.25) is 0 Å². The molecular formula is C12H16BrN3O3S. The van der Waals surface area contributed by atoms with E-state index < -0.39 is 9.84 Å². The molecule has 1 saturated heterocycles. The van der Waals surface area contributed by atoms with Crippen LogP contribution in [0.5, 0.6) is 0 Å². The van der Waals surface area contributed by atoms with Gasteiger partial charge in [-0.3, -0.25) is 4.79 Å². The molecule has 0 bridgehead atoms. The number of anilines is 1. The van der Waals surface area contributed by atoms with E-state index in [-0.39, 0.29) is 23.5 Å². The first-order valence-corrected chi connectivity index (χ1v) is 8.93. The fraction of sp³-hybridized carbons (Fsp3) is 0.500. The van der Waals surface area contributed by atoms with Crippen LogP contribution in [0.1, 0.15) is 23.7 Å². The number of pyridine rings is 1. The number of carbonyl (C=O) groups excluding carboxylic acids is 1. The Labute approximate surface area is 126 Å². The normalized spacial score (nSPS) is 20.6. The fourth-order valence-electron chi connectivity index (χ4n) is 2.09. The summed E-state index contributed by atoms with van der Waals surface area (Å²) in [5, 5.41) is 5.77. The molecule has 0 radical (unpaired) electrons. The van der Waals surface area contributed by atoms with E-state index in [2.05, 4.69) is 31.5 Å². The number of nitrogens with zero attached hydrogens (tertiary/aromatic N) is 1. The molecule has 0 spiro atoms. The molecule has 8 heteroatoms. The van der Waals surface area contributed by atoms with Crippen molar-refractivity contribution in [2.24, 2.45) is 0 Å². The Morgan fingerprint density at radius 1 is 1.55 bits per heavy atom. The van der Waals surface area contributed by atoms with E-state index in [1.54, 1.807) is 12.3 Å². The topological polar surface area (TPSA) is 88.2 Å². The second kappa shape index (κ2) is 6.09. The van der Waals surface area contributed by atoms with Gasteiger partial charge < -0.3 is 10.6 Å². The molecule has 2 heterocycles. The fourth-order valence-corrected chi connectivity index (χ4v) is 4.10. The Hall–Kier alpha value is -1.15. The number of carbonyl (C=O) groups is 1. The molecule has 0 saturated carbocycles. The molecule has 6 nitrogen and oxygen atoms in total. The van der Waals surface area contributed by atoms with Crippen molar-refractivity contribution < 1.29 is 13.2 Å². The molecule has 1 amide bonds. The first-order chi connectivity index (χ1) is 9.41. The van der Waals surface area contributed by atoms with Crippen molar-refractivity contribution in [2.45, 2.75) is 19.4 Å². The molecule has 1 aliphatic heterocycles. The van der Waals surface area contributed by atoms with Crippen molar-refractivity contribution in [3.63, 3.8) is 0 Å². The third-order valence-corrected chi connectivity index (χ3v) is 5.21. The average molecular weight is 362 g/mol.